The van der Waals surface area contributed by atoms with Crippen LogP contribution in [0.25, 0.3) is 32.9 Å². The number of halogens is 2. The summed E-state index contributed by atoms with van der Waals surface area (Å²) < 4.78 is 21.6. The monoisotopic (exact) mass is 585 g/mol. The highest BCUT2D eigenvalue weighted by Gasteiger charge is 2.32. The second-order valence-corrected chi connectivity index (χ2v) is 11.0. The molecule has 4 aromatic rings. The molecule has 0 bridgehead atoms. The number of methoxy groups -OCH3 is 1. The smallest absolute Gasteiger partial charge is 0.318 e. The first-order valence-corrected chi connectivity index (χ1v) is 14.2. The third kappa shape index (κ3) is 4.99. The van der Waals surface area contributed by atoms with Crippen molar-refractivity contribution in [3.63, 3.8) is 0 Å². The van der Waals surface area contributed by atoms with Crippen LogP contribution in [0.3, 0.4) is 0 Å². The number of fused-ring (bicyclic) bond motifs is 2. The quantitative estimate of drug-likeness (QED) is 0.297. The third-order valence-electron chi connectivity index (χ3n) is 8.13. The standard InChI is InChI=1S/C31H29ClFN7O2/c1-38-14-12-20(38)9-10-25(41)40-16-15-39(18-21(40)11-13-34)30-23-17-35-28(27(33)29(23)36-31(37-30)42-2)22-7-3-5-19-6-4-8-24(32)26(19)22/h3-10,17,20-21H,11-12,14-16,18H2,1-2H3/b10-9+/t20?,21-/m0/s1. The molecule has 11 heteroatoms. The maximum Gasteiger partial charge on any atom is 0.318 e. The van der Waals surface area contributed by atoms with E-state index in [0.717, 1.165) is 18.4 Å². The minimum Gasteiger partial charge on any atom is -0.467 e. The zero-order valence-electron chi connectivity index (χ0n) is 23.3. The zero-order valence-corrected chi connectivity index (χ0v) is 24.1. The highest BCUT2D eigenvalue weighted by Crippen LogP contribution is 2.37. The van der Waals surface area contributed by atoms with Crippen molar-refractivity contribution in [1.29, 1.82) is 5.26 Å². The number of nitriles is 1. The Morgan fingerprint density at radius 3 is 2.74 bits per heavy atom. The van der Waals surface area contributed by atoms with Crippen molar-refractivity contribution in [1.82, 2.24) is 24.8 Å². The normalized spacial score (nSPS) is 19.3. The number of nitrogens with zero attached hydrogens (tertiary/aromatic N) is 7. The molecular weight excluding hydrogens is 557 g/mol. The molecule has 2 aliphatic rings. The number of hydrogen-bond donors (Lipinski definition) is 0. The summed E-state index contributed by atoms with van der Waals surface area (Å²) in [5, 5.41) is 12.0. The van der Waals surface area contributed by atoms with Gasteiger partial charge in [0.2, 0.25) is 5.91 Å². The van der Waals surface area contributed by atoms with E-state index in [1.54, 1.807) is 29.3 Å². The number of piperazine rings is 1. The van der Waals surface area contributed by atoms with Crippen LogP contribution in [-0.4, -0.2) is 83.1 Å². The lowest BCUT2D eigenvalue weighted by Gasteiger charge is -2.41. The fraction of sp³-hybridized carbons (Fsp3) is 0.323. The molecule has 4 heterocycles. The van der Waals surface area contributed by atoms with Gasteiger partial charge in [0.1, 0.15) is 17.0 Å². The summed E-state index contributed by atoms with van der Waals surface area (Å²) in [5.41, 5.74) is 0.738. The van der Waals surface area contributed by atoms with E-state index in [-0.39, 0.29) is 41.6 Å². The number of hydrogen-bond acceptors (Lipinski definition) is 8. The van der Waals surface area contributed by atoms with Crippen molar-refractivity contribution < 1.29 is 13.9 Å². The first kappa shape index (κ1) is 27.8. The molecule has 9 nitrogen and oxygen atoms in total. The molecule has 2 saturated heterocycles. The van der Waals surface area contributed by atoms with Gasteiger partial charge < -0.3 is 14.5 Å². The maximum atomic E-state index is 16.3. The SMILES string of the molecule is COc1nc(N2CCN(C(=O)/C=C/C3CCN3C)[C@@H](CC#N)C2)c2cnc(-c3cccc4cccc(Cl)c34)c(F)c2n1. The summed E-state index contributed by atoms with van der Waals surface area (Å²) in [6.07, 6.45) is 6.28. The predicted octanol–water partition coefficient (Wildman–Crippen LogP) is 4.84. The minimum absolute atomic E-state index is 0.00685. The van der Waals surface area contributed by atoms with Crippen molar-refractivity contribution in [2.75, 3.05) is 45.2 Å². The van der Waals surface area contributed by atoms with Crippen LogP contribution >= 0.6 is 11.6 Å². The van der Waals surface area contributed by atoms with Gasteiger partial charge in [-0.2, -0.15) is 15.2 Å². The van der Waals surface area contributed by atoms with Gasteiger partial charge >= 0.3 is 6.01 Å². The van der Waals surface area contributed by atoms with Crippen molar-refractivity contribution in [3.05, 3.63) is 65.6 Å². The Hall–Kier alpha value is -4.33. The summed E-state index contributed by atoms with van der Waals surface area (Å²) in [7, 11) is 3.45. The molecule has 42 heavy (non-hydrogen) atoms. The fourth-order valence-electron chi connectivity index (χ4n) is 5.72. The molecule has 0 saturated carbocycles. The van der Waals surface area contributed by atoms with Crippen molar-refractivity contribution in [2.24, 2.45) is 0 Å². The van der Waals surface area contributed by atoms with Gasteiger partial charge in [0.05, 0.1) is 31.0 Å². The molecule has 1 unspecified atom stereocenters. The van der Waals surface area contributed by atoms with Gasteiger partial charge in [0.25, 0.3) is 0 Å². The summed E-state index contributed by atoms with van der Waals surface area (Å²) in [6, 6.07) is 13.2. The number of likely N-dealkylation sites (tertiary alicyclic amines) is 1. The molecule has 6 rings (SSSR count). The van der Waals surface area contributed by atoms with E-state index < -0.39 is 5.82 Å². The van der Waals surface area contributed by atoms with E-state index in [1.165, 1.54) is 7.11 Å². The Morgan fingerprint density at radius 2 is 2.02 bits per heavy atom. The number of carbonyl (C=O) groups excluding carboxylic acids is 1. The first-order valence-electron chi connectivity index (χ1n) is 13.8. The van der Waals surface area contributed by atoms with Crippen molar-refractivity contribution >= 4 is 45.0 Å². The minimum atomic E-state index is -0.615. The van der Waals surface area contributed by atoms with Gasteiger partial charge in [-0.05, 0) is 24.9 Å². The third-order valence-corrected chi connectivity index (χ3v) is 8.45. The van der Waals surface area contributed by atoms with Gasteiger partial charge in [0, 0.05) is 60.5 Å². The zero-order chi connectivity index (χ0) is 29.4. The van der Waals surface area contributed by atoms with Crippen LogP contribution in [0.2, 0.25) is 5.02 Å². The molecule has 1 amide bonds. The second-order valence-electron chi connectivity index (χ2n) is 10.5. The number of pyridine rings is 1. The molecular formula is C31H29ClFN7O2. The Morgan fingerprint density at radius 1 is 1.21 bits per heavy atom. The van der Waals surface area contributed by atoms with Crippen LogP contribution in [0.5, 0.6) is 6.01 Å². The van der Waals surface area contributed by atoms with Crippen LogP contribution in [0.15, 0.2) is 54.7 Å². The van der Waals surface area contributed by atoms with Gasteiger partial charge in [-0.15, -0.1) is 0 Å². The number of likely N-dealkylation sites (N-methyl/N-ethyl adjacent to an activating group) is 1. The summed E-state index contributed by atoms with van der Waals surface area (Å²) in [6.45, 7) is 2.17. The fourth-order valence-corrected chi connectivity index (χ4v) is 6.00. The maximum absolute atomic E-state index is 16.3. The van der Waals surface area contributed by atoms with Crippen LogP contribution in [0.1, 0.15) is 12.8 Å². The molecule has 0 aliphatic carbocycles. The predicted molar refractivity (Wildman–Crippen MR) is 160 cm³/mol. The van der Waals surface area contributed by atoms with E-state index in [2.05, 4.69) is 25.9 Å². The van der Waals surface area contributed by atoms with E-state index in [9.17, 15) is 10.1 Å². The molecule has 0 radical (unpaired) electrons. The van der Waals surface area contributed by atoms with Crippen LogP contribution in [-0.2, 0) is 4.79 Å². The number of amides is 1. The van der Waals surface area contributed by atoms with Crippen LogP contribution in [0, 0.1) is 17.1 Å². The molecule has 0 spiro atoms. The highest BCUT2D eigenvalue weighted by molar-refractivity contribution is 6.36. The Bertz CT molecular complexity index is 1750. The topological polar surface area (TPSA) is 98.5 Å². The molecule has 2 aromatic heterocycles. The summed E-state index contributed by atoms with van der Waals surface area (Å²) >= 11 is 6.52. The molecule has 2 aliphatic heterocycles. The number of rotatable bonds is 6. The average Bonchev–Trinajstić information content (AvgIpc) is 3.00. The summed E-state index contributed by atoms with van der Waals surface area (Å²) in [5.74, 6) is -0.297. The van der Waals surface area contributed by atoms with Crippen LogP contribution in [0.4, 0.5) is 10.2 Å². The lowest BCUT2D eigenvalue weighted by molar-refractivity contribution is -0.128. The van der Waals surface area contributed by atoms with Crippen molar-refractivity contribution in [3.8, 4) is 23.3 Å². The van der Waals surface area contributed by atoms with E-state index in [4.69, 9.17) is 16.3 Å². The van der Waals surface area contributed by atoms with Gasteiger partial charge in [-0.1, -0.05) is 48.0 Å². The first-order chi connectivity index (χ1) is 20.4. The number of anilines is 1. The Balaban J connectivity index is 1.36. The highest BCUT2D eigenvalue weighted by atomic mass is 35.5. The number of ether oxygens (including phenoxy) is 1. The Labute approximate surface area is 247 Å². The van der Waals surface area contributed by atoms with E-state index >= 15 is 4.39 Å². The van der Waals surface area contributed by atoms with Crippen molar-refractivity contribution in [2.45, 2.75) is 24.9 Å². The largest absolute Gasteiger partial charge is 0.467 e. The van der Waals surface area contributed by atoms with E-state index in [1.807, 2.05) is 42.3 Å². The van der Waals surface area contributed by atoms with Gasteiger partial charge in [-0.3, -0.25) is 14.7 Å². The number of carbonyl (C=O) groups is 1. The Kier molecular flexibility index (Phi) is 7.62. The molecule has 2 fully saturated rings. The molecule has 214 valence electrons. The van der Waals surface area contributed by atoms with Crippen LogP contribution < -0.4 is 9.64 Å². The lowest BCUT2D eigenvalue weighted by atomic mass is 10.0. The van der Waals surface area contributed by atoms with E-state index in [0.29, 0.717) is 46.8 Å². The molecule has 2 aromatic carbocycles. The van der Waals surface area contributed by atoms with Gasteiger partial charge in [-0.25, -0.2) is 4.39 Å². The lowest BCUT2D eigenvalue weighted by Crippen LogP contribution is -2.55. The summed E-state index contributed by atoms with van der Waals surface area (Å²) in [4.78, 5) is 32.4. The second kappa shape index (κ2) is 11.5. The number of aromatic nitrogens is 3. The molecule has 2 atom stereocenters. The average molecular weight is 586 g/mol. The molecule has 0 N–H and O–H groups in total. The number of benzene rings is 2. The van der Waals surface area contributed by atoms with Gasteiger partial charge in [0.15, 0.2) is 5.82 Å².